The third-order valence-corrected chi connectivity index (χ3v) is 5.25. The van der Waals surface area contributed by atoms with Gasteiger partial charge in [-0.3, -0.25) is 4.79 Å². The lowest BCUT2D eigenvalue weighted by atomic mass is 10.1. The molecule has 0 saturated carbocycles. The van der Waals surface area contributed by atoms with Crippen molar-refractivity contribution in [2.75, 3.05) is 19.8 Å². The van der Waals surface area contributed by atoms with Crippen LogP contribution in [0.1, 0.15) is 12.5 Å². The van der Waals surface area contributed by atoms with Gasteiger partial charge in [-0.25, -0.2) is 9.59 Å². The summed E-state index contributed by atoms with van der Waals surface area (Å²) in [6.07, 6.45) is 1.64. The van der Waals surface area contributed by atoms with Gasteiger partial charge in [0.2, 0.25) is 5.91 Å². The van der Waals surface area contributed by atoms with Gasteiger partial charge in [0, 0.05) is 6.54 Å². The molecule has 0 radical (unpaired) electrons. The van der Waals surface area contributed by atoms with Crippen molar-refractivity contribution < 1.29 is 29.0 Å². The highest BCUT2D eigenvalue weighted by Crippen LogP contribution is 2.39. The fourth-order valence-electron chi connectivity index (χ4n) is 2.69. The van der Waals surface area contributed by atoms with Crippen LogP contribution in [-0.4, -0.2) is 52.9 Å². The maximum Gasteiger partial charge on any atom is 0.351 e. The third-order valence-electron chi connectivity index (χ3n) is 3.95. The van der Waals surface area contributed by atoms with Gasteiger partial charge in [0.1, 0.15) is 23.5 Å². The Bertz CT molecular complexity index is 889. The number of ether oxygens (including phenoxy) is 2. The van der Waals surface area contributed by atoms with E-state index in [4.69, 9.17) is 14.6 Å². The molecule has 1 fully saturated rings. The number of aliphatic carboxylic acids is 1. The van der Waals surface area contributed by atoms with Crippen LogP contribution in [0.25, 0.3) is 0 Å². The van der Waals surface area contributed by atoms with Crippen LogP contribution >= 0.6 is 11.8 Å². The summed E-state index contributed by atoms with van der Waals surface area (Å²) in [5.74, 6) is -1.79. The number of carboxylic acids is 1. The van der Waals surface area contributed by atoms with E-state index in [9.17, 15) is 19.6 Å². The van der Waals surface area contributed by atoms with Crippen molar-refractivity contribution in [1.29, 1.82) is 5.26 Å². The van der Waals surface area contributed by atoms with E-state index < -0.39 is 23.8 Å². The summed E-state index contributed by atoms with van der Waals surface area (Å²) in [5.41, 5.74) is 0.426. The molecule has 9 heteroatoms. The van der Waals surface area contributed by atoms with Gasteiger partial charge in [-0.15, -0.1) is 0 Å². The lowest BCUT2D eigenvalue weighted by Crippen LogP contribution is -2.30. The number of esters is 1. The zero-order chi connectivity index (χ0) is 21.4. The molecule has 1 aliphatic heterocycles. The van der Waals surface area contributed by atoms with Crippen molar-refractivity contribution in [3.8, 4) is 11.8 Å². The van der Waals surface area contributed by atoms with Crippen molar-refractivity contribution >= 4 is 29.6 Å². The molecule has 1 atom stereocenters. The highest BCUT2D eigenvalue weighted by Gasteiger charge is 2.39. The summed E-state index contributed by atoms with van der Waals surface area (Å²) < 4.78 is 10.2. The first-order valence-electron chi connectivity index (χ1n) is 8.75. The first-order chi connectivity index (χ1) is 13.9. The second-order valence-corrected chi connectivity index (χ2v) is 7.05. The number of benzene rings is 1. The van der Waals surface area contributed by atoms with E-state index in [0.717, 1.165) is 11.8 Å². The maximum absolute atomic E-state index is 12.8. The van der Waals surface area contributed by atoms with Crippen LogP contribution in [0.3, 0.4) is 0 Å². The Morgan fingerprint density at radius 2 is 2.14 bits per heavy atom. The van der Waals surface area contributed by atoms with Crippen molar-refractivity contribution in [3.05, 3.63) is 53.1 Å². The van der Waals surface area contributed by atoms with Crippen molar-refractivity contribution in [1.82, 2.24) is 4.90 Å². The number of carboxylic acid groups (broad SMARTS) is 1. The largest absolute Gasteiger partial charge is 0.482 e. The quantitative estimate of drug-likeness (QED) is 0.282. The van der Waals surface area contributed by atoms with Gasteiger partial charge >= 0.3 is 11.9 Å². The highest BCUT2D eigenvalue weighted by atomic mass is 32.2. The molecule has 1 aromatic carbocycles. The fraction of sp³-hybridized carbons (Fsp3) is 0.300. The van der Waals surface area contributed by atoms with Crippen LogP contribution in [-0.2, 0) is 25.5 Å². The molecule has 1 saturated heterocycles. The van der Waals surface area contributed by atoms with Gasteiger partial charge < -0.3 is 19.5 Å². The van der Waals surface area contributed by atoms with E-state index >= 15 is 0 Å². The summed E-state index contributed by atoms with van der Waals surface area (Å²) in [7, 11) is 0. The van der Waals surface area contributed by atoms with Gasteiger partial charge in [-0.1, -0.05) is 42.6 Å². The van der Waals surface area contributed by atoms with Gasteiger partial charge in [0.25, 0.3) is 0 Å². The number of para-hydroxylation sites is 1. The monoisotopic (exact) mass is 416 g/mol. The standard InChI is InChI=1S/C20H20N2O6S/c1-3-9-27-20(26)14(11-21)19-22(4-2)18(25)16(29-19)10-13-7-5-6-8-15(13)28-12-17(23)24/h3,5-8,16H,1,4,9-10,12H2,2H3,(H,23,24)/b19-14-. The molecule has 0 spiro atoms. The minimum absolute atomic E-state index is 0.0419. The Labute approximate surface area is 172 Å². The third kappa shape index (κ3) is 5.39. The van der Waals surface area contributed by atoms with E-state index in [1.165, 1.54) is 11.0 Å². The summed E-state index contributed by atoms with van der Waals surface area (Å²) in [4.78, 5) is 37.2. The number of thioether (sulfide) groups is 1. The molecule has 1 N–H and O–H groups in total. The molecule has 0 bridgehead atoms. The minimum Gasteiger partial charge on any atom is -0.482 e. The Hall–Kier alpha value is -3.25. The zero-order valence-corrected chi connectivity index (χ0v) is 16.6. The first kappa shape index (κ1) is 22.0. The lowest BCUT2D eigenvalue weighted by molar-refractivity contribution is -0.139. The number of rotatable bonds is 9. The van der Waals surface area contributed by atoms with Gasteiger partial charge in [-0.05, 0) is 25.0 Å². The number of amides is 1. The Morgan fingerprint density at radius 1 is 1.41 bits per heavy atom. The molecular formula is C20H20N2O6S. The average molecular weight is 416 g/mol. The van der Waals surface area contributed by atoms with Gasteiger partial charge in [0.05, 0.1) is 5.25 Å². The summed E-state index contributed by atoms with van der Waals surface area (Å²) >= 11 is 1.11. The number of hydrogen-bond acceptors (Lipinski definition) is 7. The Balaban J connectivity index is 2.29. The number of nitrogens with zero attached hydrogens (tertiary/aromatic N) is 2. The normalized spacial score (nSPS) is 17.4. The van der Waals surface area contributed by atoms with Crippen LogP contribution in [0.5, 0.6) is 5.75 Å². The molecular weight excluding hydrogens is 396 g/mol. The second-order valence-electron chi connectivity index (χ2n) is 5.86. The molecule has 1 aliphatic rings. The molecule has 152 valence electrons. The Kier molecular flexibility index (Phi) is 7.86. The SMILES string of the molecule is C=CCOC(=O)/C(C#N)=C1\SC(Cc2ccccc2OCC(=O)O)C(=O)N1CC. The van der Waals surface area contributed by atoms with E-state index in [0.29, 0.717) is 11.3 Å². The molecule has 2 rings (SSSR count). The van der Waals surface area contributed by atoms with Gasteiger partial charge in [0.15, 0.2) is 12.2 Å². The van der Waals surface area contributed by atoms with E-state index in [1.54, 1.807) is 31.2 Å². The van der Waals surface area contributed by atoms with Crippen molar-refractivity contribution in [2.45, 2.75) is 18.6 Å². The molecule has 1 unspecified atom stereocenters. The topological polar surface area (TPSA) is 117 Å². The van der Waals surface area contributed by atoms with Crippen LogP contribution in [0.4, 0.5) is 0 Å². The summed E-state index contributed by atoms with van der Waals surface area (Å²) in [6.45, 7) is 4.95. The maximum atomic E-state index is 12.8. The van der Waals surface area contributed by atoms with Crippen molar-refractivity contribution in [3.63, 3.8) is 0 Å². The van der Waals surface area contributed by atoms with Crippen LogP contribution in [0.2, 0.25) is 0 Å². The Morgan fingerprint density at radius 3 is 2.76 bits per heavy atom. The van der Waals surface area contributed by atoms with Crippen LogP contribution in [0.15, 0.2) is 47.5 Å². The second kappa shape index (κ2) is 10.3. The van der Waals surface area contributed by atoms with E-state index in [1.807, 2.05) is 6.07 Å². The predicted octanol–water partition coefficient (Wildman–Crippen LogP) is 2.12. The number of carbonyl (C=O) groups excluding carboxylic acids is 2. The van der Waals surface area contributed by atoms with Crippen molar-refractivity contribution in [2.24, 2.45) is 0 Å². The fourth-order valence-corrected chi connectivity index (χ4v) is 4.04. The zero-order valence-electron chi connectivity index (χ0n) is 15.8. The highest BCUT2D eigenvalue weighted by molar-refractivity contribution is 8.04. The molecule has 0 aliphatic carbocycles. The number of nitriles is 1. The average Bonchev–Trinajstić information content (AvgIpc) is 3.01. The van der Waals surface area contributed by atoms with Gasteiger partial charge in [-0.2, -0.15) is 5.26 Å². The number of hydrogen-bond donors (Lipinski definition) is 1. The van der Waals surface area contributed by atoms with Crippen LogP contribution < -0.4 is 4.74 Å². The molecule has 0 aromatic heterocycles. The van der Waals surface area contributed by atoms with E-state index in [2.05, 4.69) is 6.58 Å². The molecule has 1 heterocycles. The summed E-state index contributed by atoms with van der Waals surface area (Å²) in [6, 6.07) is 8.67. The molecule has 1 amide bonds. The molecule has 29 heavy (non-hydrogen) atoms. The van der Waals surface area contributed by atoms with Crippen LogP contribution in [0, 0.1) is 11.3 Å². The van der Waals surface area contributed by atoms with E-state index in [-0.39, 0.29) is 36.1 Å². The predicted molar refractivity (Wildman–Crippen MR) is 106 cm³/mol. The smallest absolute Gasteiger partial charge is 0.351 e. The minimum atomic E-state index is -1.11. The molecule has 1 aromatic rings. The lowest BCUT2D eigenvalue weighted by Gasteiger charge is -2.15. The number of carbonyl (C=O) groups is 3. The molecule has 8 nitrogen and oxygen atoms in total. The first-order valence-corrected chi connectivity index (χ1v) is 9.63. The summed E-state index contributed by atoms with van der Waals surface area (Å²) in [5, 5.41) is 17.9.